The lowest BCUT2D eigenvalue weighted by Crippen LogP contribution is -2.45. The van der Waals surface area contributed by atoms with Gasteiger partial charge in [-0.2, -0.15) is 0 Å². The first-order chi connectivity index (χ1) is 18.4. The van der Waals surface area contributed by atoms with Gasteiger partial charge in [0.25, 0.3) is 0 Å². The van der Waals surface area contributed by atoms with E-state index in [1.54, 1.807) is 0 Å². The van der Waals surface area contributed by atoms with Gasteiger partial charge in [-0.25, -0.2) is 0 Å². The van der Waals surface area contributed by atoms with Crippen molar-refractivity contribution in [2.45, 2.75) is 161 Å². The van der Waals surface area contributed by atoms with Gasteiger partial charge in [-0.1, -0.05) is 92.0 Å². The number of unbranched alkanes of at least 4 members (excludes halogenated alkanes) is 3. The Labute approximate surface area is 249 Å². The van der Waals surface area contributed by atoms with Crippen molar-refractivity contribution in [3.63, 3.8) is 0 Å². The maximum Gasteiger partial charge on any atom is 0.305 e. The van der Waals surface area contributed by atoms with Crippen LogP contribution in [-0.4, -0.2) is 53.1 Å². The molecule has 1 N–H and O–H groups in total. The van der Waals surface area contributed by atoms with E-state index in [1.165, 1.54) is 7.11 Å². The molecule has 5 atom stereocenters. The SMILES string of the molecule is CCCCC[C@@H](O)/C=C/[C@@H]1[C@H](C/C=C\CCCC(=O)OC)[C@@H](O[Si](C)(C)C(C)(C)C)C[C@H]1O[Si](C)(C)C(C)(C)C. The Morgan fingerprint density at radius 2 is 1.50 bits per heavy atom. The molecule has 5 nitrogen and oxygen atoms in total. The Bertz CT molecular complexity index is 807. The second-order valence-corrected chi connectivity index (χ2v) is 24.4. The van der Waals surface area contributed by atoms with Crippen LogP contribution in [0.4, 0.5) is 0 Å². The van der Waals surface area contributed by atoms with Crippen molar-refractivity contribution in [3.05, 3.63) is 24.3 Å². The average Bonchev–Trinajstić information content (AvgIpc) is 3.12. The van der Waals surface area contributed by atoms with Gasteiger partial charge in [-0.15, -0.1) is 0 Å². The number of aliphatic hydroxyl groups is 1. The van der Waals surface area contributed by atoms with Crippen LogP contribution < -0.4 is 0 Å². The van der Waals surface area contributed by atoms with Crippen molar-refractivity contribution in [2.24, 2.45) is 11.8 Å². The van der Waals surface area contributed by atoms with Crippen LogP contribution in [0, 0.1) is 11.8 Å². The Morgan fingerprint density at radius 1 is 0.925 bits per heavy atom. The fourth-order valence-corrected chi connectivity index (χ4v) is 7.57. The van der Waals surface area contributed by atoms with E-state index in [2.05, 4.69) is 92.9 Å². The molecular formula is C33H64O5Si2. The van der Waals surface area contributed by atoms with E-state index in [9.17, 15) is 9.90 Å². The van der Waals surface area contributed by atoms with Crippen LogP contribution in [0.3, 0.4) is 0 Å². The van der Waals surface area contributed by atoms with Crippen LogP contribution in [0.25, 0.3) is 0 Å². The summed E-state index contributed by atoms with van der Waals surface area (Å²) in [5, 5.41) is 11.0. The number of hydrogen-bond acceptors (Lipinski definition) is 5. The summed E-state index contributed by atoms with van der Waals surface area (Å²) in [7, 11) is -2.58. The Kier molecular flexibility index (Phi) is 15.1. The molecule has 0 aromatic heterocycles. The molecule has 0 aromatic carbocycles. The minimum absolute atomic E-state index is 0.0764. The maximum absolute atomic E-state index is 11.5. The second-order valence-electron chi connectivity index (χ2n) is 14.9. The highest BCUT2D eigenvalue weighted by Gasteiger charge is 2.50. The third-order valence-electron chi connectivity index (χ3n) is 9.58. The molecule has 1 fully saturated rings. The predicted octanol–water partition coefficient (Wildman–Crippen LogP) is 9.19. The largest absolute Gasteiger partial charge is 0.469 e. The maximum atomic E-state index is 11.5. The number of carbonyl (C=O) groups is 1. The summed E-state index contributed by atoms with van der Waals surface area (Å²) in [4.78, 5) is 11.5. The van der Waals surface area contributed by atoms with Gasteiger partial charge in [0.05, 0.1) is 25.4 Å². The fourth-order valence-electron chi connectivity index (χ4n) is 4.83. The molecule has 1 aliphatic carbocycles. The van der Waals surface area contributed by atoms with Crippen LogP contribution in [0.5, 0.6) is 0 Å². The lowest BCUT2D eigenvalue weighted by atomic mass is 9.89. The van der Waals surface area contributed by atoms with E-state index < -0.39 is 22.7 Å². The highest BCUT2D eigenvalue weighted by Crippen LogP contribution is 2.47. The monoisotopic (exact) mass is 596 g/mol. The quantitative estimate of drug-likeness (QED) is 0.0833. The second kappa shape index (κ2) is 16.2. The molecule has 0 spiro atoms. The molecule has 0 saturated heterocycles. The molecule has 234 valence electrons. The minimum Gasteiger partial charge on any atom is -0.469 e. The molecule has 0 aliphatic heterocycles. The number of aliphatic hydroxyl groups excluding tert-OH is 1. The fraction of sp³-hybridized carbons (Fsp3) is 0.848. The average molecular weight is 597 g/mol. The van der Waals surface area contributed by atoms with Crippen LogP contribution in [0.1, 0.15) is 106 Å². The van der Waals surface area contributed by atoms with E-state index in [-0.39, 0.29) is 40.1 Å². The molecule has 7 heteroatoms. The first-order valence-corrected chi connectivity index (χ1v) is 21.6. The van der Waals surface area contributed by atoms with Crippen molar-refractivity contribution in [1.82, 2.24) is 0 Å². The zero-order chi connectivity index (χ0) is 30.8. The summed E-state index contributed by atoms with van der Waals surface area (Å²) >= 11 is 0. The van der Waals surface area contributed by atoms with Crippen molar-refractivity contribution >= 4 is 22.6 Å². The molecule has 40 heavy (non-hydrogen) atoms. The van der Waals surface area contributed by atoms with E-state index in [0.717, 1.165) is 51.4 Å². The van der Waals surface area contributed by atoms with E-state index in [0.29, 0.717) is 6.42 Å². The summed E-state index contributed by atoms with van der Waals surface area (Å²) in [6, 6.07) is 0. The molecule has 1 rings (SSSR count). The molecular weight excluding hydrogens is 533 g/mol. The van der Waals surface area contributed by atoms with Crippen LogP contribution in [-0.2, 0) is 18.4 Å². The van der Waals surface area contributed by atoms with Gasteiger partial charge < -0.3 is 18.7 Å². The van der Waals surface area contributed by atoms with Gasteiger partial charge in [0.2, 0.25) is 0 Å². The van der Waals surface area contributed by atoms with E-state index in [4.69, 9.17) is 13.6 Å². The number of rotatable bonds is 16. The smallest absolute Gasteiger partial charge is 0.305 e. The van der Waals surface area contributed by atoms with Gasteiger partial charge in [0.15, 0.2) is 16.6 Å². The van der Waals surface area contributed by atoms with E-state index in [1.807, 2.05) is 6.08 Å². The molecule has 1 saturated carbocycles. The Hall–Kier alpha value is -0.736. The van der Waals surface area contributed by atoms with Crippen molar-refractivity contribution in [2.75, 3.05) is 7.11 Å². The van der Waals surface area contributed by atoms with Crippen LogP contribution in [0.15, 0.2) is 24.3 Å². The number of esters is 1. The molecule has 0 amide bonds. The molecule has 0 heterocycles. The topological polar surface area (TPSA) is 65.0 Å². The predicted molar refractivity (Wildman–Crippen MR) is 175 cm³/mol. The van der Waals surface area contributed by atoms with Crippen LogP contribution in [0.2, 0.25) is 36.3 Å². The van der Waals surface area contributed by atoms with Crippen molar-refractivity contribution in [3.8, 4) is 0 Å². The number of methoxy groups -OCH3 is 1. The Balaban J connectivity index is 3.31. The molecule has 0 aromatic rings. The number of allylic oxidation sites excluding steroid dienone is 2. The lowest BCUT2D eigenvalue weighted by Gasteiger charge is -2.40. The Morgan fingerprint density at radius 3 is 2.02 bits per heavy atom. The van der Waals surface area contributed by atoms with Gasteiger partial charge in [0.1, 0.15) is 0 Å². The van der Waals surface area contributed by atoms with Crippen LogP contribution >= 0.6 is 0 Å². The summed E-state index contributed by atoms with van der Waals surface area (Å²) in [6.45, 7) is 25.4. The molecule has 1 aliphatic rings. The highest BCUT2D eigenvalue weighted by atomic mass is 28.4. The third kappa shape index (κ3) is 11.9. The van der Waals surface area contributed by atoms with Gasteiger partial charge in [-0.05, 0) is 74.3 Å². The zero-order valence-corrected chi connectivity index (χ0v) is 30.1. The summed E-state index contributed by atoms with van der Waals surface area (Å²) in [5.41, 5.74) is 0. The third-order valence-corrected chi connectivity index (χ3v) is 18.6. The number of hydrogen-bond donors (Lipinski definition) is 1. The minimum atomic E-state index is -2.01. The zero-order valence-electron chi connectivity index (χ0n) is 28.1. The molecule has 0 unspecified atom stereocenters. The first-order valence-electron chi connectivity index (χ1n) is 15.8. The molecule has 0 bridgehead atoms. The summed E-state index contributed by atoms with van der Waals surface area (Å²) in [6.07, 6.45) is 16.6. The standard InChI is InChI=1S/C33H64O5Si2/c1-13-14-17-20-26(34)23-24-28-27(21-18-15-16-19-22-31(35)36-8)29(37-39(9,10)32(2,3)4)25-30(28)38-40(11,12)33(5,6)7/h15,18,23-24,26-30,34H,13-14,16-17,19-22,25H2,1-12H3/b18-15-,24-23+/t26-,27+,28-,29+,30-/m1/s1. The van der Waals surface area contributed by atoms with Crippen molar-refractivity contribution in [1.29, 1.82) is 0 Å². The first kappa shape index (κ1) is 37.3. The number of ether oxygens (including phenoxy) is 1. The number of carbonyl (C=O) groups excluding carboxylic acids is 1. The van der Waals surface area contributed by atoms with Gasteiger partial charge in [-0.3, -0.25) is 4.79 Å². The summed E-state index contributed by atoms with van der Waals surface area (Å²) < 4.78 is 19.0. The van der Waals surface area contributed by atoms with E-state index >= 15 is 0 Å². The molecule has 0 radical (unpaired) electrons. The van der Waals surface area contributed by atoms with Gasteiger partial charge in [0, 0.05) is 12.3 Å². The normalized spacial score (nSPS) is 23.8. The lowest BCUT2D eigenvalue weighted by molar-refractivity contribution is -0.140. The van der Waals surface area contributed by atoms with Gasteiger partial charge >= 0.3 is 5.97 Å². The highest BCUT2D eigenvalue weighted by molar-refractivity contribution is 6.74. The van der Waals surface area contributed by atoms with Crippen molar-refractivity contribution < 1.29 is 23.5 Å². The summed E-state index contributed by atoms with van der Waals surface area (Å²) in [5.74, 6) is 0.310.